The first-order valence-corrected chi connectivity index (χ1v) is 8.61. The van der Waals surface area contributed by atoms with Crippen molar-refractivity contribution in [3.05, 3.63) is 41.9 Å². The molecule has 0 radical (unpaired) electrons. The maximum absolute atomic E-state index is 12.3. The molecular weight excluding hydrogens is 306 g/mol. The number of nitrogens with zero attached hydrogens (tertiary/aromatic N) is 3. The summed E-state index contributed by atoms with van der Waals surface area (Å²) in [5.74, 6) is 3.18. The first-order chi connectivity index (χ1) is 11.8. The van der Waals surface area contributed by atoms with Crippen molar-refractivity contribution < 1.29 is 13.7 Å². The lowest BCUT2D eigenvalue weighted by atomic mass is 9.94. The molecule has 2 aromatic heterocycles. The molecule has 1 saturated carbocycles. The van der Waals surface area contributed by atoms with E-state index >= 15 is 0 Å². The second-order valence-corrected chi connectivity index (χ2v) is 6.67. The van der Waals surface area contributed by atoms with Gasteiger partial charge in [0.25, 0.3) is 0 Å². The smallest absolute Gasteiger partial charge is 0.246 e. The van der Waals surface area contributed by atoms with Crippen molar-refractivity contribution in [3.8, 4) is 0 Å². The fraction of sp³-hybridized carbons (Fsp3) is 0.500. The quantitative estimate of drug-likeness (QED) is 0.789. The Bertz CT molecular complexity index is 716. The predicted molar refractivity (Wildman–Crippen MR) is 87.0 cm³/mol. The molecule has 3 heterocycles. The monoisotopic (exact) mass is 327 g/mol. The fourth-order valence-corrected chi connectivity index (χ4v) is 3.18. The summed E-state index contributed by atoms with van der Waals surface area (Å²) < 4.78 is 10.6. The van der Waals surface area contributed by atoms with E-state index in [2.05, 4.69) is 10.1 Å². The molecule has 1 amide bonds. The lowest BCUT2D eigenvalue weighted by Gasteiger charge is -2.31. The molecule has 1 aliphatic heterocycles. The van der Waals surface area contributed by atoms with Gasteiger partial charge in [-0.3, -0.25) is 4.79 Å². The van der Waals surface area contributed by atoms with Crippen molar-refractivity contribution >= 4 is 12.0 Å². The number of carbonyl (C=O) groups is 1. The molecule has 24 heavy (non-hydrogen) atoms. The summed E-state index contributed by atoms with van der Waals surface area (Å²) in [6.07, 6.45) is 10.1. The van der Waals surface area contributed by atoms with Gasteiger partial charge in [-0.25, -0.2) is 0 Å². The Morgan fingerprint density at radius 2 is 2.29 bits per heavy atom. The Kier molecular flexibility index (Phi) is 4.19. The summed E-state index contributed by atoms with van der Waals surface area (Å²) in [4.78, 5) is 18.7. The summed E-state index contributed by atoms with van der Waals surface area (Å²) in [6, 6.07) is 3.64. The highest BCUT2D eigenvalue weighted by molar-refractivity contribution is 5.91. The highest BCUT2D eigenvalue weighted by Crippen LogP contribution is 2.38. The van der Waals surface area contributed by atoms with Crippen LogP contribution in [-0.2, 0) is 11.2 Å². The van der Waals surface area contributed by atoms with E-state index in [9.17, 15) is 4.79 Å². The fourth-order valence-electron chi connectivity index (χ4n) is 3.18. The molecular formula is C18H21N3O3. The van der Waals surface area contributed by atoms with Crippen LogP contribution in [-0.4, -0.2) is 34.0 Å². The topological polar surface area (TPSA) is 72.4 Å². The molecule has 6 heteroatoms. The van der Waals surface area contributed by atoms with E-state index in [0.717, 1.165) is 38.2 Å². The van der Waals surface area contributed by atoms with Gasteiger partial charge in [-0.05, 0) is 49.8 Å². The van der Waals surface area contributed by atoms with Crippen molar-refractivity contribution in [2.45, 2.75) is 38.0 Å². The number of furan rings is 1. The van der Waals surface area contributed by atoms with Crippen molar-refractivity contribution in [2.75, 3.05) is 13.1 Å². The van der Waals surface area contributed by atoms with E-state index in [1.807, 2.05) is 11.0 Å². The summed E-state index contributed by atoms with van der Waals surface area (Å²) in [5, 5.41) is 4.07. The van der Waals surface area contributed by atoms with Crippen molar-refractivity contribution in [3.63, 3.8) is 0 Å². The van der Waals surface area contributed by atoms with Gasteiger partial charge in [0.15, 0.2) is 5.82 Å². The second-order valence-electron chi connectivity index (χ2n) is 6.67. The van der Waals surface area contributed by atoms with Gasteiger partial charge in [-0.2, -0.15) is 4.98 Å². The lowest BCUT2D eigenvalue weighted by molar-refractivity contribution is -0.127. The second kappa shape index (κ2) is 6.63. The molecule has 2 fully saturated rings. The highest BCUT2D eigenvalue weighted by Gasteiger charge is 2.30. The molecule has 126 valence electrons. The summed E-state index contributed by atoms with van der Waals surface area (Å²) in [5.41, 5.74) is 0. The molecule has 2 aromatic rings. The van der Waals surface area contributed by atoms with Gasteiger partial charge in [-0.15, -0.1) is 0 Å². The van der Waals surface area contributed by atoms with Crippen LogP contribution in [0.1, 0.15) is 49.1 Å². The van der Waals surface area contributed by atoms with Gasteiger partial charge in [0.05, 0.1) is 6.26 Å². The van der Waals surface area contributed by atoms with Crippen LogP contribution in [0.25, 0.3) is 6.08 Å². The summed E-state index contributed by atoms with van der Waals surface area (Å²) in [7, 11) is 0. The minimum Gasteiger partial charge on any atom is -0.465 e. The highest BCUT2D eigenvalue weighted by atomic mass is 16.5. The van der Waals surface area contributed by atoms with Crippen LogP contribution >= 0.6 is 0 Å². The standard InChI is InChI=1S/C18H21N3O3/c22-17(8-7-15-4-2-10-23-15)21-9-1-3-13(12-21)11-16-19-18(20-24-16)14-5-6-14/h2,4,7-8,10,13-14H,1,3,5-6,9,11-12H2/b8-7+. The number of likely N-dealkylation sites (tertiary alicyclic amines) is 1. The average Bonchev–Trinajstić information content (AvgIpc) is 3.12. The van der Waals surface area contributed by atoms with E-state index in [1.165, 1.54) is 12.8 Å². The largest absolute Gasteiger partial charge is 0.465 e. The van der Waals surface area contributed by atoms with Crippen LogP contribution in [0.4, 0.5) is 0 Å². The molecule has 0 aromatic carbocycles. The number of carbonyl (C=O) groups excluding carboxylic acids is 1. The molecule has 4 rings (SSSR count). The predicted octanol–water partition coefficient (Wildman–Crippen LogP) is 3.03. The average molecular weight is 327 g/mol. The third-order valence-corrected chi connectivity index (χ3v) is 4.65. The zero-order chi connectivity index (χ0) is 16.4. The van der Waals surface area contributed by atoms with Crippen LogP contribution in [0.15, 0.2) is 33.4 Å². The Morgan fingerprint density at radius 3 is 3.08 bits per heavy atom. The number of rotatable bonds is 5. The zero-order valence-electron chi connectivity index (χ0n) is 13.6. The molecule has 1 unspecified atom stereocenters. The van der Waals surface area contributed by atoms with Crippen LogP contribution in [0.5, 0.6) is 0 Å². The zero-order valence-corrected chi connectivity index (χ0v) is 13.6. The number of piperidine rings is 1. The minimum atomic E-state index is 0.0281. The molecule has 6 nitrogen and oxygen atoms in total. The van der Waals surface area contributed by atoms with E-state index in [4.69, 9.17) is 8.94 Å². The van der Waals surface area contributed by atoms with Gasteiger partial charge < -0.3 is 13.8 Å². The maximum Gasteiger partial charge on any atom is 0.246 e. The lowest BCUT2D eigenvalue weighted by Crippen LogP contribution is -2.39. The molecule has 0 N–H and O–H groups in total. The first kappa shape index (κ1) is 15.2. The molecule has 1 atom stereocenters. The number of hydrogen-bond acceptors (Lipinski definition) is 5. The molecule has 1 aliphatic carbocycles. The van der Waals surface area contributed by atoms with Gasteiger partial charge >= 0.3 is 0 Å². The third kappa shape index (κ3) is 3.58. The Morgan fingerprint density at radius 1 is 1.38 bits per heavy atom. The Hall–Kier alpha value is -2.37. The Balaban J connectivity index is 1.33. The van der Waals surface area contributed by atoms with E-state index in [-0.39, 0.29) is 5.91 Å². The number of aromatic nitrogens is 2. The van der Waals surface area contributed by atoms with Gasteiger partial charge in [0.2, 0.25) is 11.8 Å². The number of hydrogen-bond donors (Lipinski definition) is 0. The van der Waals surface area contributed by atoms with E-state index in [1.54, 1.807) is 24.5 Å². The summed E-state index contributed by atoms with van der Waals surface area (Å²) in [6.45, 7) is 1.54. The van der Waals surface area contributed by atoms with Gasteiger partial charge in [0.1, 0.15) is 5.76 Å². The molecule has 2 aliphatic rings. The third-order valence-electron chi connectivity index (χ3n) is 4.65. The van der Waals surface area contributed by atoms with E-state index in [0.29, 0.717) is 23.5 Å². The molecule has 1 saturated heterocycles. The van der Waals surface area contributed by atoms with Crippen LogP contribution in [0, 0.1) is 5.92 Å². The van der Waals surface area contributed by atoms with Crippen LogP contribution < -0.4 is 0 Å². The van der Waals surface area contributed by atoms with Crippen molar-refractivity contribution in [2.24, 2.45) is 5.92 Å². The van der Waals surface area contributed by atoms with Gasteiger partial charge in [0, 0.05) is 31.5 Å². The molecule has 0 spiro atoms. The summed E-state index contributed by atoms with van der Waals surface area (Å²) >= 11 is 0. The number of amides is 1. The molecule has 0 bridgehead atoms. The Labute approximate surface area is 140 Å². The van der Waals surface area contributed by atoms with Crippen molar-refractivity contribution in [1.29, 1.82) is 0 Å². The normalized spacial score (nSPS) is 21.5. The van der Waals surface area contributed by atoms with Crippen molar-refractivity contribution in [1.82, 2.24) is 15.0 Å². The van der Waals surface area contributed by atoms with Gasteiger partial charge in [-0.1, -0.05) is 5.16 Å². The maximum atomic E-state index is 12.3. The SMILES string of the molecule is O=C(/C=C/c1ccco1)N1CCCC(Cc2nc(C3CC3)no2)C1. The van der Waals surface area contributed by atoms with Crippen LogP contribution in [0.2, 0.25) is 0 Å². The first-order valence-electron chi connectivity index (χ1n) is 8.61. The van der Waals surface area contributed by atoms with E-state index < -0.39 is 0 Å². The van der Waals surface area contributed by atoms with Crippen LogP contribution in [0.3, 0.4) is 0 Å². The minimum absolute atomic E-state index is 0.0281.